The van der Waals surface area contributed by atoms with Gasteiger partial charge in [0.1, 0.15) is 17.4 Å². The van der Waals surface area contributed by atoms with Gasteiger partial charge in [-0.3, -0.25) is 9.59 Å². The van der Waals surface area contributed by atoms with Gasteiger partial charge in [-0.2, -0.15) is 0 Å². The van der Waals surface area contributed by atoms with Gasteiger partial charge >= 0.3 is 5.97 Å². The summed E-state index contributed by atoms with van der Waals surface area (Å²) in [6.07, 6.45) is 2.11. The smallest absolute Gasteiger partial charge is 0.317 e. The summed E-state index contributed by atoms with van der Waals surface area (Å²) in [6, 6.07) is 15.2. The second-order valence-corrected chi connectivity index (χ2v) is 6.81. The zero-order valence-corrected chi connectivity index (χ0v) is 17.0. The Kier molecular flexibility index (Phi) is 6.70. The van der Waals surface area contributed by atoms with Gasteiger partial charge in [0, 0.05) is 5.92 Å². The van der Waals surface area contributed by atoms with Crippen LogP contribution in [0, 0.1) is 5.92 Å². The van der Waals surface area contributed by atoms with Crippen LogP contribution >= 0.6 is 0 Å². The van der Waals surface area contributed by atoms with Crippen LogP contribution < -0.4 is 9.47 Å². The van der Waals surface area contributed by atoms with Crippen molar-refractivity contribution in [1.82, 2.24) is 0 Å². The molecule has 0 bridgehead atoms. The summed E-state index contributed by atoms with van der Waals surface area (Å²) >= 11 is 0. The summed E-state index contributed by atoms with van der Waals surface area (Å²) in [5.74, 6) is -0.516. The van der Waals surface area contributed by atoms with Crippen molar-refractivity contribution in [1.29, 1.82) is 0 Å². The maximum absolute atomic E-state index is 13.0. The number of hydrogen-bond acceptors (Lipinski definition) is 5. The van der Waals surface area contributed by atoms with Crippen molar-refractivity contribution < 1.29 is 23.8 Å². The summed E-state index contributed by atoms with van der Waals surface area (Å²) in [5.41, 5.74) is 2.66. The predicted octanol–water partition coefficient (Wildman–Crippen LogP) is 4.41. The Hall–Kier alpha value is -3.08. The first kappa shape index (κ1) is 20.6. The highest BCUT2D eigenvalue weighted by atomic mass is 16.5. The van der Waals surface area contributed by atoms with Crippen molar-refractivity contribution >= 4 is 17.3 Å². The van der Waals surface area contributed by atoms with Gasteiger partial charge in [-0.15, -0.1) is 0 Å². The largest absolute Gasteiger partial charge is 0.497 e. The number of hydrogen-bond donors (Lipinski definition) is 0. The zero-order chi connectivity index (χ0) is 20.8. The van der Waals surface area contributed by atoms with Crippen molar-refractivity contribution in [3.8, 4) is 11.5 Å². The van der Waals surface area contributed by atoms with E-state index < -0.39 is 11.9 Å². The first-order valence-electron chi connectivity index (χ1n) is 9.86. The van der Waals surface area contributed by atoms with Crippen molar-refractivity contribution in [3.05, 3.63) is 65.7 Å². The van der Waals surface area contributed by atoms with Crippen LogP contribution in [0.5, 0.6) is 11.5 Å². The van der Waals surface area contributed by atoms with Gasteiger partial charge in [0.15, 0.2) is 5.78 Å². The lowest BCUT2D eigenvalue weighted by Gasteiger charge is -2.30. The number of ketones is 1. The maximum Gasteiger partial charge on any atom is 0.317 e. The van der Waals surface area contributed by atoms with E-state index in [0.29, 0.717) is 18.8 Å². The van der Waals surface area contributed by atoms with E-state index in [2.05, 4.69) is 0 Å². The highest BCUT2D eigenvalue weighted by Gasteiger charge is 2.40. The third kappa shape index (κ3) is 4.50. The molecule has 0 amide bonds. The average molecular weight is 394 g/mol. The van der Waals surface area contributed by atoms with Crippen molar-refractivity contribution in [2.45, 2.75) is 26.2 Å². The molecule has 0 heterocycles. The van der Waals surface area contributed by atoms with Crippen LogP contribution in [0.1, 0.15) is 37.3 Å². The fourth-order valence-electron chi connectivity index (χ4n) is 3.76. The van der Waals surface area contributed by atoms with Crippen LogP contribution in [0.3, 0.4) is 0 Å². The Balaban J connectivity index is 2.04. The van der Waals surface area contributed by atoms with Gasteiger partial charge in [-0.25, -0.2) is 0 Å². The van der Waals surface area contributed by atoms with E-state index in [1.54, 1.807) is 20.1 Å². The lowest BCUT2D eigenvalue weighted by molar-refractivity contribution is -0.151. The SMILES string of the molecule is CCOC(=O)[C@@H]1C(=O)C=C(c2ccc(OC)cc2)C[C@H]1c1ccccc1OCC. The van der Waals surface area contributed by atoms with Crippen molar-refractivity contribution in [2.24, 2.45) is 5.92 Å². The Morgan fingerprint density at radius 1 is 1.03 bits per heavy atom. The molecule has 0 saturated carbocycles. The normalized spacial score (nSPS) is 18.7. The fraction of sp³-hybridized carbons (Fsp3) is 0.333. The monoisotopic (exact) mass is 394 g/mol. The number of methoxy groups -OCH3 is 1. The number of esters is 1. The van der Waals surface area contributed by atoms with Crippen LogP contribution in [-0.2, 0) is 14.3 Å². The molecule has 2 aromatic carbocycles. The molecule has 5 heteroatoms. The van der Waals surface area contributed by atoms with Gasteiger partial charge in [-0.05, 0) is 61.2 Å². The molecule has 1 aliphatic carbocycles. The van der Waals surface area contributed by atoms with Gasteiger partial charge in [0.2, 0.25) is 0 Å². The van der Waals surface area contributed by atoms with E-state index in [0.717, 1.165) is 22.4 Å². The second-order valence-electron chi connectivity index (χ2n) is 6.81. The lowest BCUT2D eigenvalue weighted by Crippen LogP contribution is -2.34. The minimum atomic E-state index is -0.876. The Labute approximate surface area is 171 Å². The van der Waals surface area contributed by atoms with Crippen LogP contribution in [0.4, 0.5) is 0 Å². The first-order valence-corrected chi connectivity index (χ1v) is 9.86. The predicted molar refractivity (Wildman–Crippen MR) is 111 cm³/mol. The first-order chi connectivity index (χ1) is 14.1. The molecule has 0 unspecified atom stereocenters. The quantitative estimate of drug-likeness (QED) is 0.514. The number of rotatable bonds is 7. The van der Waals surface area contributed by atoms with E-state index in [4.69, 9.17) is 14.2 Å². The Morgan fingerprint density at radius 2 is 1.76 bits per heavy atom. The Morgan fingerprint density at radius 3 is 2.41 bits per heavy atom. The van der Waals surface area contributed by atoms with Gasteiger partial charge in [-0.1, -0.05) is 30.3 Å². The number of carbonyl (C=O) groups excluding carboxylic acids is 2. The highest BCUT2D eigenvalue weighted by Crippen LogP contribution is 2.43. The molecule has 0 saturated heterocycles. The number of ether oxygens (including phenoxy) is 3. The van der Waals surface area contributed by atoms with E-state index in [1.807, 2.05) is 55.5 Å². The van der Waals surface area contributed by atoms with Gasteiger partial charge in [0.05, 0.1) is 20.3 Å². The molecular weight excluding hydrogens is 368 g/mol. The molecule has 2 atom stereocenters. The van der Waals surface area contributed by atoms with E-state index in [1.165, 1.54) is 0 Å². The number of allylic oxidation sites excluding steroid dienone is 2. The minimum absolute atomic E-state index is 0.234. The molecule has 29 heavy (non-hydrogen) atoms. The summed E-state index contributed by atoms with van der Waals surface area (Å²) in [6.45, 7) is 4.39. The number of para-hydroxylation sites is 1. The highest BCUT2D eigenvalue weighted by molar-refractivity contribution is 6.10. The molecule has 0 aliphatic heterocycles. The molecule has 5 nitrogen and oxygen atoms in total. The summed E-state index contributed by atoms with van der Waals surface area (Å²) in [4.78, 5) is 25.7. The van der Waals surface area contributed by atoms with E-state index in [-0.39, 0.29) is 18.3 Å². The van der Waals surface area contributed by atoms with E-state index in [9.17, 15) is 9.59 Å². The molecule has 2 aromatic rings. The zero-order valence-electron chi connectivity index (χ0n) is 17.0. The topological polar surface area (TPSA) is 61.8 Å². The molecule has 0 aromatic heterocycles. The molecule has 0 N–H and O–H groups in total. The number of carbonyl (C=O) groups is 2. The van der Waals surface area contributed by atoms with Crippen LogP contribution in [-0.4, -0.2) is 32.1 Å². The number of benzene rings is 2. The molecule has 1 aliphatic rings. The van der Waals surface area contributed by atoms with E-state index >= 15 is 0 Å². The fourth-order valence-corrected chi connectivity index (χ4v) is 3.76. The molecule has 0 spiro atoms. The minimum Gasteiger partial charge on any atom is -0.497 e. The van der Waals surface area contributed by atoms with Crippen LogP contribution in [0.25, 0.3) is 5.57 Å². The molecule has 0 fully saturated rings. The summed E-state index contributed by atoms with van der Waals surface area (Å²) in [5, 5.41) is 0. The summed E-state index contributed by atoms with van der Waals surface area (Å²) < 4.78 is 16.2. The maximum atomic E-state index is 13.0. The van der Waals surface area contributed by atoms with Gasteiger partial charge < -0.3 is 14.2 Å². The second kappa shape index (κ2) is 9.41. The summed E-state index contributed by atoms with van der Waals surface area (Å²) in [7, 11) is 1.61. The van der Waals surface area contributed by atoms with Crippen LogP contribution in [0.2, 0.25) is 0 Å². The lowest BCUT2D eigenvalue weighted by atomic mass is 9.73. The van der Waals surface area contributed by atoms with Crippen molar-refractivity contribution in [2.75, 3.05) is 20.3 Å². The standard InChI is InChI=1S/C24H26O5/c1-4-28-22-9-7-6-8-19(22)20-14-17(16-10-12-18(27-3)13-11-16)15-21(25)23(20)24(26)29-5-2/h6-13,15,20,23H,4-5,14H2,1-3H3/t20-,23-/m0/s1. The Bertz CT molecular complexity index is 898. The average Bonchev–Trinajstić information content (AvgIpc) is 2.74. The third-order valence-corrected chi connectivity index (χ3v) is 5.08. The van der Waals surface area contributed by atoms with Gasteiger partial charge in [0.25, 0.3) is 0 Å². The third-order valence-electron chi connectivity index (χ3n) is 5.08. The molecule has 3 rings (SSSR count). The van der Waals surface area contributed by atoms with Crippen LogP contribution in [0.15, 0.2) is 54.6 Å². The molecule has 0 radical (unpaired) electrons. The molecular formula is C24H26O5. The molecule has 152 valence electrons. The van der Waals surface area contributed by atoms with Crippen molar-refractivity contribution in [3.63, 3.8) is 0 Å².